The number of hydrogen-bond donors (Lipinski definition) is 1. The summed E-state index contributed by atoms with van der Waals surface area (Å²) in [6.07, 6.45) is 0.0933. The van der Waals surface area contributed by atoms with Crippen LogP contribution in [0.3, 0.4) is 0 Å². The van der Waals surface area contributed by atoms with E-state index in [2.05, 4.69) is 10.2 Å². The van der Waals surface area contributed by atoms with E-state index < -0.39 is 5.97 Å². The van der Waals surface area contributed by atoms with E-state index in [-0.39, 0.29) is 11.8 Å². The molecule has 1 N–H and O–H groups in total. The third kappa shape index (κ3) is 3.28. The molecule has 1 aromatic carbocycles. The van der Waals surface area contributed by atoms with Crippen molar-refractivity contribution in [3.05, 3.63) is 42.1 Å². The Hall–Kier alpha value is -2.43. The highest BCUT2D eigenvalue weighted by Crippen LogP contribution is 2.22. The predicted molar refractivity (Wildman–Crippen MR) is 70.2 cm³/mol. The van der Waals surface area contributed by atoms with Crippen molar-refractivity contribution in [2.24, 2.45) is 0 Å². The molecule has 5 heteroatoms. The lowest BCUT2D eigenvalue weighted by molar-refractivity contribution is 0.0689. The topological polar surface area (TPSA) is 72.3 Å². The van der Waals surface area contributed by atoms with Crippen molar-refractivity contribution in [2.75, 3.05) is 0 Å². The highest BCUT2D eigenvalue weighted by atomic mass is 16.5. The van der Waals surface area contributed by atoms with E-state index in [0.29, 0.717) is 5.69 Å². The van der Waals surface area contributed by atoms with Gasteiger partial charge >= 0.3 is 5.97 Å². The molecule has 19 heavy (non-hydrogen) atoms. The molecule has 0 atom stereocenters. The summed E-state index contributed by atoms with van der Waals surface area (Å²) >= 11 is 0. The van der Waals surface area contributed by atoms with Crippen LogP contribution in [0.2, 0.25) is 0 Å². The van der Waals surface area contributed by atoms with E-state index in [0.717, 1.165) is 11.3 Å². The second kappa shape index (κ2) is 5.48. The van der Waals surface area contributed by atoms with Crippen molar-refractivity contribution >= 4 is 5.97 Å². The van der Waals surface area contributed by atoms with Gasteiger partial charge in [-0.15, -0.1) is 10.2 Å². The van der Waals surface area contributed by atoms with Crippen molar-refractivity contribution < 1.29 is 14.6 Å². The number of ether oxygens (including phenoxy) is 1. The lowest BCUT2D eigenvalue weighted by atomic mass is 10.1. The van der Waals surface area contributed by atoms with Crippen LogP contribution in [0.15, 0.2) is 36.4 Å². The van der Waals surface area contributed by atoms with Crippen LogP contribution < -0.4 is 4.74 Å². The van der Waals surface area contributed by atoms with E-state index in [1.54, 1.807) is 6.07 Å². The summed E-state index contributed by atoms with van der Waals surface area (Å²) in [5.74, 6) is -0.340. The standard InChI is InChI=1S/C14H14N2O3/c1-9(2)19-11-5-3-4-10(8-11)12-6-7-13(14(17)18)16-15-12/h3-9H,1-2H3,(H,17,18). The van der Waals surface area contributed by atoms with Gasteiger partial charge in [0.1, 0.15) is 5.75 Å². The molecule has 2 aromatic rings. The van der Waals surface area contributed by atoms with Crippen LogP contribution in [-0.2, 0) is 0 Å². The Balaban J connectivity index is 2.28. The number of carboxylic acid groups (broad SMARTS) is 1. The minimum atomic E-state index is -1.09. The number of carbonyl (C=O) groups is 1. The van der Waals surface area contributed by atoms with Gasteiger partial charge in [0.05, 0.1) is 11.8 Å². The normalized spacial score (nSPS) is 10.5. The minimum absolute atomic E-state index is 0.0710. The predicted octanol–water partition coefficient (Wildman–Crippen LogP) is 2.63. The summed E-state index contributed by atoms with van der Waals surface area (Å²) in [7, 11) is 0. The quantitative estimate of drug-likeness (QED) is 0.912. The van der Waals surface area contributed by atoms with Crippen LogP contribution in [0, 0.1) is 0 Å². The van der Waals surface area contributed by atoms with Crippen molar-refractivity contribution in [1.82, 2.24) is 10.2 Å². The number of benzene rings is 1. The van der Waals surface area contributed by atoms with Gasteiger partial charge in [-0.05, 0) is 38.1 Å². The zero-order chi connectivity index (χ0) is 13.8. The zero-order valence-corrected chi connectivity index (χ0v) is 10.7. The summed E-state index contributed by atoms with van der Waals surface area (Å²) in [5, 5.41) is 16.3. The van der Waals surface area contributed by atoms with Gasteiger partial charge in [-0.1, -0.05) is 12.1 Å². The van der Waals surface area contributed by atoms with Gasteiger partial charge in [-0.3, -0.25) is 0 Å². The maximum atomic E-state index is 10.7. The van der Waals surface area contributed by atoms with E-state index in [1.165, 1.54) is 6.07 Å². The summed E-state index contributed by atoms with van der Waals surface area (Å²) in [4.78, 5) is 10.7. The first-order valence-electron chi connectivity index (χ1n) is 5.90. The molecule has 0 saturated heterocycles. The fourth-order valence-electron chi connectivity index (χ4n) is 1.60. The van der Waals surface area contributed by atoms with Gasteiger partial charge < -0.3 is 9.84 Å². The Labute approximate surface area is 110 Å². The zero-order valence-electron chi connectivity index (χ0n) is 10.7. The molecule has 0 spiro atoms. The van der Waals surface area contributed by atoms with Crippen LogP contribution in [0.5, 0.6) is 5.75 Å². The highest BCUT2D eigenvalue weighted by Gasteiger charge is 2.07. The Kier molecular flexibility index (Phi) is 3.75. The van der Waals surface area contributed by atoms with E-state index in [4.69, 9.17) is 9.84 Å². The Morgan fingerprint density at radius 3 is 2.58 bits per heavy atom. The van der Waals surface area contributed by atoms with Gasteiger partial charge in [0.15, 0.2) is 5.69 Å². The fourth-order valence-corrected chi connectivity index (χ4v) is 1.60. The molecule has 0 fully saturated rings. The molecule has 98 valence electrons. The number of nitrogens with zero attached hydrogens (tertiary/aromatic N) is 2. The third-order valence-corrected chi connectivity index (χ3v) is 2.39. The van der Waals surface area contributed by atoms with Gasteiger partial charge in [-0.2, -0.15) is 0 Å². The van der Waals surface area contributed by atoms with Gasteiger partial charge in [0, 0.05) is 5.56 Å². The Morgan fingerprint density at radius 1 is 1.21 bits per heavy atom. The van der Waals surface area contributed by atoms with Gasteiger partial charge in [0.2, 0.25) is 0 Å². The maximum Gasteiger partial charge on any atom is 0.356 e. The van der Waals surface area contributed by atoms with E-state index in [1.807, 2.05) is 38.1 Å². The van der Waals surface area contributed by atoms with Crippen molar-refractivity contribution in [3.8, 4) is 17.0 Å². The summed E-state index contributed by atoms with van der Waals surface area (Å²) in [5.41, 5.74) is 1.38. The van der Waals surface area contributed by atoms with E-state index in [9.17, 15) is 4.79 Å². The summed E-state index contributed by atoms with van der Waals surface area (Å²) in [6.45, 7) is 3.91. The molecule has 2 rings (SSSR count). The smallest absolute Gasteiger partial charge is 0.356 e. The highest BCUT2D eigenvalue weighted by molar-refractivity contribution is 5.85. The molecule has 0 saturated carbocycles. The number of rotatable bonds is 4. The second-order valence-electron chi connectivity index (χ2n) is 4.30. The lowest BCUT2D eigenvalue weighted by Gasteiger charge is -2.10. The molecule has 0 amide bonds. The molecule has 0 bridgehead atoms. The van der Waals surface area contributed by atoms with E-state index >= 15 is 0 Å². The second-order valence-corrected chi connectivity index (χ2v) is 4.30. The number of aromatic carboxylic acids is 1. The average Bonchev–Trinajstić information content (AvgIpc) is 2.38. The molecule has 0 unspecified atom stereocenters. The maximum absolute atomic E-state index is 10.7. The Morgan fingerprint density at radius 2 is 2.00 bits per heavy atom. The molecule has 1 aromatic heterocycles. The summed E-state index contributed by atoms with van der Waals surface area (Å²) < 4.78 is 5.60. The van der Waals surface area contributed by atoms with Crippen molar-refractivity contribution in [3.63, 3.8) is 0 Å². The molecular weight excluding hydrogens is 244 g/mol. The first-order valence-corrected chi connectivity index (χ1v) is 5.90. The number of carboxylic acids is 1. The average molecular weight is 258 g/mol. The van der Waals surface area contributed by atoms with Crippen molar-refractivity contribution in [1.29, 1.82) is 0 Å². The molecule has 0 aliphatic heterocycles. The monoisotopic (exact) mass is 258 g/mol. The fraction of sp³-hybridized carbons (Fsp3) is 0.214. The third-order valence-electron chi connectivity index (χ3n) is 2.39. The van der Waals surface area contributed by atoms with Crippen LogP contribution in [0.4, 0.5) is 0 Å². The van der Waals surface area contributed by atoms with Crippen molar-refractivity contribution in [2.45, 2.75) is 20.0 Å². The molecule has 0 aliphatic carbocycles. The number of hydrogen-bond acceptors (Lipinski definition) is 4. The molecule has 1 heterocycles. The molecular formula is C14H14N2O3. The Bertz CT molecular complexity index is 579. The van der Waals surface area contributed by atoms with Gasteiger partial charge in [0.25, 0.3) is 0 Å². The van der Waals surface area contributed by atoms with Crippen LogP contribution in [-0.4, -0.2) is 27.4 Å². The van der Waals surface area contributed by atoms with Crippen LogP contribution in [0.25, 0.3) is 11.3 Å². The lowest BCUT2D eigenvalue weighted by Crippen LogP contribution is -2.05. The first-order chi connectivity index (χ1) is 9.06. The minimum Gasteiger partial charge on any atom is -0.491 e. The van der Waals surface area contributed by atoms with Crippen LogP contribution in [0.1, 0.15) is 24.3 Å². The largest absolute Gasteiger partial charge is 0.491 e. The summed E-state index contributed by atoms with van der Waals surface area (Å²) in [6, 6.07) is 10.5. The molecule has 5 nitrogen and oxygen atoms in total. The number of aromatic nitrogens is 2. The first kappa shape index (κ1) is 13.0. The van der Waals surface area contributed by atoms with Crippen LogP contribution >= 0.6 is 0 Å². The molecule has 0 aliphatic rings. The molecule has 0 radical (unpaired) electrons. The SMILES string of the molecule is CC(C)Oc1cccc(-c2ccc(C(=O)O)nn2)c1. The van der Waals surface area contributed by atoms with Gasteiger partial charge in [-0.25, -0.2) is 4.79 Å².